The largest absolute Gasteiger partial charge is 0.325 e. The lowest BCUT2D eigenvalue weighted by Crippen LogP contribution is -2.45. The summed E-state index contributed by atoms with van der Waals surface area (Å²) in [7, 11) is 0. The molecule has 1 aromatic carbocycles. The van der Waals surface area contributed by atoms with Gasteiger partial charge >= 0.3 is 0 Å². The van der Waals surface area contributed by atoms with Gasteiger partial charge in [-0.3, -0.25) is 9.59 Å². The molecule has 1 rings (SSSR count). The Morgan fingerprint density at radius 2 is 1.84 bits per heavy atom. The first kappa shape index (κ1) is 17.6. The van der Waals surface area contributed by atoms with E-state index in [4.69, 9.17) is 5.73 Å². The molecule has 1 amide bonds. The van der Waals surface area contributed by atoms with Crippen LogP contribution in [0, 0.1) is 5.41 Å². The summed E-state index contributed by atoms with van der Waals surface area (Å²) < 4.78 is 0. The maximum Gasteiger partial charge on any atom is 0.241 e. The first-order chi connectivity index (χ1) is 8.21. The number of halogens is 1. The summed E-state index contributed by atoms with van der Waals surface area (Å²) in [5.74, 6) is -0.283. The molecule has 0 saturated heterocycles. The number of rotatable bonds is 3. The van der Waals surface area contributed by atoms with Crippen LogP contribution in [0.1, 0.15) is 38.1 Å². The van der Waals surface area contributed by atoms with E-state index in [1.165, 1.54) is 6.92 Å². The van der Waals surface area contributed by atoms with Crippen molar-refractivity contribution in [1.82, 2.24) is 0 Å². The van der Waals surface area contributed by atoms with Crippen molar-refractivity contribution < 1.29 is 9.59 Å². The van der Waals surface area contributed by atoms with Gasteiger partial charge in [0.15, 0.2) is 5.78 Å². The Bertz CT molecular complexity index is 467. The molecular formula is C14H21ClN2O2. The molecule has 0 unspecified atom stereocenters. The lowest BCUT2D eigenvalue weighted by molar-refractivity contribution is -0.119. The fraction of sp³-hybridized carbons (Fsp3) is 0.429. The Morgan fingerprint density at radius 3 is 2.32 bits per heavy atom. The Balaban J connectivity index is 0.00000324. The summed E-state index contributed by atoms with van der Waals surface area (Å²) in [6.45, 7) is 7.21. The molecule has 19 heavy (non-hydrogen) atoms. The number of carbonyl (C=O) groups is 2. The molecule has 0 aliphatic heterocycles. The highest BCUT2D eigenvalue weighted by Gasteiger charge is 2.27. The van der Waals surface area contributed by atoms with Gasteiger partial charge in [0.2, 0.25) is 5.91 Å². The molecule has 0 bridgehead atoms. The molecule has 0 radical (unpaired) electrons. The molecule has 0 aromatic heterocycles. The predicted octanol–water partition coefficient (Wildman–Crippen LogP) is 2.62. The van der Waals surface area contributed by atoms with Gasteiger partial charge in [0.05, 0.1) is 6.04 Å². The number of hydrogen-bond donors (Lipinski definition) is 2. The minimum atomic E-state index is -0.599. The standard InChI is InChI=1S/C14H20N2O2.ClH/c1-9(17)10-6-5-7-11(8-10)16-13(18)12(15)14(2,3)4;/h5-8,12H,15H2,1-4H3,(H,16,18);1H/t12-;/m1./s1. The number of amides is 1. The lowest BCUT2D eigenvalue weighted by Gasteiger charge is -2.25. The molecule has 106 valence electrons. The zero-order valence-corrected chi connectivity index (χ0v) is 12.5. The summed E-state index contributed by atoms with van der Waals surface area (Å²) in [6, 6.07) is 6.23. The van der Waals surface area contributed by atoms with Gasteiger partial charge in [0.25, 0.3) is 0 Å². The average molecular weight is 285 g/mol. The lowest BCUT2D eigenvalue weighted by atomic mass is 9.87. The number of Topliss-reactive ketones (excluding diaryl/α,β-unsaturated/α-hetero) is 1. The van der Waals surface area contributed by atoms with Crippen LogP contribution in [-0.4, -0.2) is 17.7 Å². The highest BCUT2D eigenvalue weighted by Crippen LogP contribution is 2.19. The molecule has 0 fully saturated rings. The van der Waals surface area contributed by atoms with E-state index in [1.807, 2.05) is 20.8 Å². The van der Waals surface area contributed by atoms with E-state index in [0.29, 0.717) is 11.3 Å². The third-order valence-corrected chi connectivity index (χ3v) is 2.75. The number of carbonyl (C=O) groups excluding carboxylic acids is 2. The molecule has 0 aliphatic carbocycles. The fourth-order valence-corrected chi connectivity index (χ4v) is 1.43. The van der Waals surface area contributed by atoms with E-state index >= 15 is 0 Å². The third-order valence-electron chi connectivity index (χ3n) is 2.75. The van der Waals surface area contributed by atoms with Crippen LogP contribution in [0.4, 0.5) is 5.69 Å². The fourth-order valence-electron chi connectivity index (χ4n) is 1.43. The summed E-state index contributed by atoms with van der Waals surface area (Å²) >= 11 is 0. The second kappa shape index (κ2) is 6.68. The Morgan fingerprint density at radius 1 is 1.26 bits per heavy atom. The number of anilines is 1. The molecular weight excluding hydrogens is 264 g/mol. The van der Waals surface area contributed by atoms with E-state index in [1.54, 1.807) is 24.3 Å². The average Bonchev–Trinajstić information content (AvgIpc) is 2.27. The summed E-state index contributed by atoms with van der Waals surface area (Å²) in [5, 5.41) is 2.73. The normalized spacial score (nSPS) is 12.3. The Kier molecular flexibility index (Phi) is 6.19. The SMILES string of the molecule is CC(=O)c1cccc(NC(=O)[C@@H](N)C(C)(C)C)c1.Cl. The molecule has 0 spiro atoms. The number of nitrogens with two attached hydrogens (primary N) is 1. The van der Waals surface area contributed by atoms with Gasteiger partial charge in [-0.15, -0.1) is 12.4 Å². The molecule has 0 aliphatic rings. The number of benzene rings is 1. The van der Waals surface area contributed by atoms with E-state index in [2.05, 4.69) is 5.32 Å². The zero-order chi connectivity index (χ0) is 13.9. The van der Waals surface area contributed by atoms with Crippen molar-refractivity contribution in [3.63, 3.8) is 0 Å². The highest BCUT2D eigenvalue weighted by atomic mass is 35.5. The minimum absolute atomic E-state index is 0. The van der Waals surface area contributed by atoms with Crippen LogP contribution in [0.5, 0.6) is 0 Å². The monoisotopic (exact) mass is 284 g/mol. The zero-order valence-electron chi connectivity index (χ0n) is 11.7. The van der Waals surface area contributed by atoms with Crippen molar-refractivity contribution in [3.05, 3.63) is 29.8 Å². The maximum absolute atomic E-state index is 11.9. The molecule has 0 saturated carbocycles. The number of ketones is 1. The Labute approximate surface area is 120 Å². The van der Waals surface area contributed by atoms with Crippen molar-refractivity contribution >= 4 is 29.8 Å². The molecule has 5 heteroatoms. The summed E-state index contributed by atoms with van der Waals surface area (Å²) in [4.78, 5) is 23.2. The number of nitrogens with one attached hydrogen (secondary N) is 1. The van der Waals surface area contributed by atoms with Gasteiger partial charge in [-0.05, 0) is 24.5 Å². The smallest absolute Gasteiger partial charge is 0.241 e. The van der Waals surface area contributed by atoms with Crippen LogP contribution in [-0.2, 0) is 4.79 Å². The van der Waals surface area contributed by atoms with Crippen LogP contribution in [0.15, 0.2) is 24.3 Å². The summed E-state index contributed by atoms with van der Waals surface area (Å²) in [6.07, 6.45) is 0. The van der Waals surface area contributed by atoms with Crippen LogP contribution < -0.4 is 11.1 Å². The van der Waals surface area contributed by atoms with E-state index < -0.39 is 6.04 Å². The third kappa shape index (κ3) is 5.01. The van der Waals surface area contributed by atoms with E-state index in [9.17, 15) is 9.59 Å². The molecule has 4 nitrogen and oxygen atoms in total. The molecule has 3 N–H and O–H groups in total. The van der Waals surface area contributed by atoms with Crippen molar-refractivity contribution in [2.75, 3.05) is 5.32 Å². The van der Waals surface area contributed by atoms with Gasteiger partial charge in [-0.2, -0.15) is 0 Å². The molecule has 0 heterocycles. The van der Waals surface area contributed by atoms with Crippen molar-refractivity contribution in [1.29, 1.82) is 0 Å². The second-order valence-corrected chi connectivity index (χ2v) is 5.47. The van der Waals surface area contributed by atoms with Gasteiger partial charge in [0, 0.05) is 11.3 Å². The molecule has 1 atom stereocenters. The van der Waals surface area contributed by atoms with Gasteiger partial charge in [-0.25, -0.2) is 0 Å². The maximum atomic E-state index is 11.9. The van der Waals surface area contributed by atoms with Gasteiger partial charge in [0.1, 0.15) is 0 Å². The van der Waals surface area contributed by atoms with Crippen molar-refractivity contribution in [2.24, 2.45) is 11.1 Å². The van der Waals surface area contributed by atoms with Crippen LogP contribution >= 0.6 is 12.4 Å². The van der Waals surface area contributed by atoms with Crippen LogP contribution in [0.2, 0.25) is 0 Å². The molecule has 1 aromatic rings. The summed E-state index contributed by atoms with van der Waals surface area (Å²) in [5.41, 5.74) is 6.71. The van der Waals surface area contributed by atoms with E-state index in [0.717, 1.165) is 0 Å². The quantitative estimate of drug-likeness (QED) is 0.838. The topological polar surface area (TPSA) is 72.2 Å². The van der Waals surface area contributed by atoms with Crippen LogP contribution in [0.3, 0.4) is 0 Å². The highest BCUT2D eigenvalue weighted by molar-refractivity contribution is 5.98. The van der Waals surface area contributed by atoms with Crippen molar-refractivity contribution in [2.45, 2.75) is 33.7 Å². The van der Waals surface area contributed by atoms with Crippen LogP contribution in [0.25, 0.3) is 0 Å². The minimum Gasteiger partial charge on any atom is -0.325 e. The second-order valence-electron chi connectivity index (χ2n) is 5.47. The van der Waals surface area contributed by atoms with Gasteiger partial charge < -0.3 is 11.1 Å². The van der Waals surface area contributed by atoms with E-state index in [-0.39, 0.29) is 29.5 Å². The van der Waals surface area contributed by atoms with Crippen molar-refractivity contribution in [3.8, 4) is 0 Å². The number of hydrogen-bond acceptors (Lipinski definition) is 3. The first-order valence-electron chi connectivity index (χ1n) is 5.89. The first-order valence-corrected chi connectivity index (χ1v) is 5.89. The predicted molar refractivity (Wildman–Crippen MR) is 79.8 cm³/mol. The Hall–Kier alpha value is -1.39. The van der Waals surface area contributed by atoms with Gasteiger partial charge in [-0.1, -0.05) is 32.9 Å².